The molecule has 29 heavy (non-hydrogen) atoms. The van der Waals surface area contributed by atoms with Gasteiger partial charge in [0.1, 0.15) is 6.54 Å². The minimum Gasteiger partial charge on any atom is -0.343 e. The highest BCUT2D eigenvalue weighted by Crippen LogP contribution is 2.17. The van der Waals surface area contributed by atoms with Gasteiger partial charge in [-0.3, -0.25) is 9.78 Å². The number of amides is 1. The number of nitrogens with one attached hydrogen (secondary N) is 2. The van der Waals surface area contributed by atoms with Gasteiger partial charge >= 0.3 is 6.18 Å². The van der Waals surface area contributed by atoms with Crippen molar-refractivity contribution in [3.05, 3.63) is 71.9 Å². The smallest absolute Gasteiger partial charge is 0.343 e. The first-order valence-corrected chi connectivity index (χ1v) is 9.91. The Balaban J connectivity index is 1.70. The Morgan fingerprint density at radius 1 is 1.00 bits per heavy atom. The summed E-state index contributed by atoms with van der Waals surface area (Å²) in [6.45, 7) is -1.46. The van der Waals surface area contributed by atoms with Crippen LogP contribution in [-0.2, 0) is 16.6 Å². The summed E-state index contributed by atoms with van der Waals surface area (Å²) in [6.07, 6.45) is -2.91. The molecule has 3 aromatic rings. The fourth-order valence-corrected chi connectivity index (χ4v) is 3.64. The number of sulfonamides is 1. The van der Waals surface area contributed by atoms with Gasteiger partial charge in [0.2, 0.25) is 10.0 Å². The molecule has 0 unspecified atom stereocenters. The van der Waals surface area contributed by atoms with Gasteiger partial charge in [-0.05, 0) is 35.9 Å². The van der Waals surface area contributed by atoms with E-state index < -0.39 is 28.7 Å². The summed E-state index contributed by atoms with van der Waals surface area (Å²) in [6, 6.07) is 13.7. The summed E-state index contributed by atoms with van der Waals surface area (Å²) in [5, 5.41) is 2.60. The summed E-state index contributed by atoms with van der Waals surface area (Å²) in [4.78, 5) is 15.9. The highest BCUT2D eigenvalue weighted by Gasteiger charge is 2.28. The van der Waals surface area contributed by atoms with Crippen LogP contribution in [0.3, 0.4) is 0 Å². The number of aromatic nitrogens is 1. The molecular weight excluding hydrogens is 407 g/mol. The maximum Gasteiger partial charge on any atom is 0.405 e. The standard InChI is InChI=1S/C19H16F3N3O3S/c20-19(21,22)12-24-18(26)14-6-8-16(9-7-14)29(27,28)25-11-15-4-1-3-13-5-2-10-23-17(13)15/h1-10,25H,11-12H2,(H,24,26). The second-order valence-electron chi connectivity index (χ2n) is 6.14. The van der Waals surface area contributed by atoms with Crippen LogP contribution in [0.15, 0.2) is 65.7 Å². The first-order valence-electron chi connectivity index (χ1n) is 8.43. The van der Waals surface area contributed by atoms with E-state index in [0.717, 1.165) is 29.7 Å². The Kier molecular flexibility index (Phi) is 5.85. The van der Waals surface area contributed by atoms with Gasteiger partial charge in [-0.15, -0.1) is 0 Å². The van der Waals surface area contributed by atoms with Gasteiger partial charge in [0.25, 0.3) is 5.91 Å². The van der Waals surface area contributed by atoms with Crippen molar-refractivity contribution in [3.63, 3.8) is 0 Å². The predicted molar refractivity (Wildman–Crippen MR) is 101 cm³/mol. The first-order chi connectivity index (χ1) is 13.7. The van der Waals surface area contributed by atoms with E-state index in [4.69, 9.17) is 0 Å². The van der Waals surface area contributed by atoms with Crippen LogP contribution < -0.4 is 10.0 Å². The van der Waals surface area contributed by atoms with Gasteiger partial charge in [0.15, 0.2) is 0 Å². The second kappa shape index (κ2) is 8.18. The normalized spacial score (nSPS) is 12.1. The number of pyridine rings is 1. The molecule has 0 aliphatic rings. The molecule has 2 N–H and O–H groups in total. The number of hydrogen-bond acceptors (Lipinski definition) is 4. The van der Waals surface area contributed by atoms with Gasteiger partial charge in [-0.1, -0.05) is 24.3 Å². The summed E-state index contributed by atoms with van der Waals surface area (Å²) in [5.41, 5.74) is 1.29. The van der Waals surface area contributed by atoms with Gasteiger partial charge < -0.3 is 5.32 Å². The van der Waals surface area contributed by atoms with Crippen LogP contribution in [0.5, 0.6) is 0 Å². The van der Waals surface area contributed by atoms with Crippen molar-refractivity contribution in [3.8, 4) is 0 Å². The van der Waals surface area contributed by atoms with E-state index in [1.165, 1.54) is 0 Å². The summed E-state index contributed by atoms with van der Waals surface area (Å²) >= 11 is 0. The van der Waals surface area contributed by atoms with Crippen LogP contribution in [0.4, 0.5) is 13.2 Å². The third-order valence-corrected chi connectivity index (χ3v) is 5.46. The highest BCUT2D eigenvalue weighted by molar-refractivity contribution is 7.89. The molecule has 0 aliphatic heterocycles. The molecule has 2 aromatic carbocycles. The monoisotopic (exact) mass is 423 g/mol. The number of nitrogens with zero attached hydrogens (tertiary/aromatic N) is 1. The molecule has 0 atom stereocenters. The molecule has 0 aliphatic carbocycles. The van der Waals surface area contributed by atoms with Crippen LogP contribution in [0.25, 0.3) is 10.9 Å². The zero-order valence-electron chi connectivity index (χ0n) is 14.9. The fourth-order valence-electron chi connectivity index (χ4n) is 2.63. The summed E-state index contributed by atoms with van der Waals surface area (Å²) < 4.78 is 64.0. The molecule has 0 radical (unpaired) electrons. The minimum absolute atomic E-state index is 0.00447. The average Bonchev–Trinajstić information content (AvgIpc) is 2.70. The lowest BCUT2D eigenvalue weighted by Gasteiger charge is -2.10. The molecule has 0 saturated heterocycles. The average molecular weight is 423 g/mol. The van der Waals surface area contributed by atoms with Crippen molar-refractivity contribution < 1.29 is 26.4 Å². The molecular formula is C19H16F3N3O3S. The predicted octanol–water partition coefficient (Wildman–Crippen LogP) is 3.01. The van der Waals surface area contributed by atoms with E-state index in [-0.39, 0.29) is 17.0 Å². The molecule has 1 aromatic heterocycles. The number of alkyl halides is 3. The number of benzene rings is 2. The zero-order valence-corrected chi connectivity index (χ0v) is 15.7. The van der Waals surface area contributed by atoms with Crippen LogP contribution in [0, 0.1) is 0 Å². The summed E-state index contributed by atoms with van der Waals surface area (Å²) in [5.74, 6) is -0.943. The maximum absolute atomic E-state index is 12.5. The first kappa shape index (κ1) is 20.7. The number of halogens is 3. The topological polar surface area (TPSA) is 88.2 Å². The quantitative estimate of drug-likeness (QED) is 0.638. The third-order valence-electron chi connectivity index (χ3n) is 4.05. The third kappa shape index (κ3) is 5.30. The largest absolute Gasteiger partial charge is 0.405 e. The van der Waals surface area contributed by atoms with Crippen LogP contribution in [0.2, 0.25) is 0 Å². The van der Waals surface area contributed by atoms with Gasteiger partial charge in [0.05, 0.1) is 10.4 Å². The molecule has 0 spiro atoms. The van der Waals surface area contributed by atoms with Gasteiger partial charge in [-0.25, -0.2) is 13.1 Å². The van der Waals surface area contributed by atoms with Crippen LogP contribution >= 0.6 is 0 Å². The van der Waals surface area contributed by atoms with E-state index in [1.807, 2.05) is 12.1 Å². The minimum atomic E-state index is -4.53. The van der Waals surface area contributed by atoms with E-state index in [2.05, 4.69) is 9.71 Å². The second-order valence-corrected chi connectivity index (χ2v) is 7.91. The lowest BCUT2D eigenvalue weighted by atomic mass is 10.1. The molecule has 10 heteroatoms. The van der Waals surface area contributed by atoms with Gasteiger partial charge in [-0.2, -0.15) is 13.2 Å². The lowest BCUT2D eigenvalue weighted by Crippen LogP contribution is -2.33. The molecule has 0 bridgehead atoms. The SMILES string of the molecule is O=C(NCC(F)(F)F)c1ccc(S(=O)(=O)NCc2cccc3cccnc23)cc1. The Hall–Kier alpha value is -2.98. The van der Waals surface area contributed by atoms with Crippen molar-refractivity contribution in [2.45, 2.75) is 17.6 Å². The van der Waals surface area contributed by atoms with Crippen molar-refractivity contribution in [1.29, 1.82) is 0 Å². The van der Waals surface area contributed by atoms with E-state index in [0.29, 0.717) is 11.1 Å². The Bertz CT molecular complexity index is 1130. The number of para-hydroxylation sites is 1. The number of carbonyl (C=O) groups is 1. The molecule has 3 rings (SSSR count). The molecule has 1 heterocycles. The Morgan fingerprint density at radius 3 is 2.38 bits per heavy atom. The Morgan fingerprint density at radius 2 is 1.69 bits per heavy atom. The highest BCUT2D eigenvalue weighted by atomic mass is 32.2. The number of carbonyl (C=O) groups excluding carboxylic acids is 1. The molecule has 1 amide bonds. The lowest BCUT2D eigenvalue weighted by molar-refractivity contribution is -0.123. The molecule has 152 valence electrons. The number of hydrogen-bond donors (Lipinski definition) is 2. The number of rotatable bonds is 6. The number of fused-ring (bicyclic) bond motifs is 1. The van der Waals surface area contributed by atoms with Crippen molar-refractivity contribution in [1.82, 2.24) is 15.0 Å². The van der Waals surface area contributed by atoms with E-state index >= 15 is 0 Å². The zero-order chi connectivity index (χ0) is 21.1. The Labute approximate surface area is 164 Å². The van der Waals surface area contributed by atoms with Crippen molar-refractivity contribution in [2.75, 3.05) is 6.54 Å². The van der Waals surface area contributed by atoms with Crippen LogP contribution in [0.1, 0.15) is 15.9 Å². The summed E-state index contributed by atoms with van der Waals surface area (Å²) in [7, 11) is -3.89. The van der Waals surface area contributed by atoms with E-state index in [9.17, 15) is 26.4 Å². The molecule has 0 saturated carbocycles. The molecule has 6 nitrogen and oxygen atoms in total. The van der Waals surface area contributed by atoms with Crippen molar-refractivity contribution >= 4 is 26.8 Å². The van der Waals surface area contributed by atoms with E-state index in [1.54, 1.807) is 29.7 Å². The van der Waals surface area contributed by atoms with Crippen LogP contribution in [-0.4, -0.2) is 32.0 Å². The fraction of sp³-hybridized carbons (Fsp3) is 0.158. The van der Waals surface area contributed by atoms with Gasteiger partial charge in [0, 0.05) is 23.7 Å². The maximum atomic E-state index is 12.5. The van der Waals surface area contributed by atoms with Crippen molar-refractivity contribution in [2.24, 2.45) is 0 Å². The molecule has 0 fully saturated rings.